The van der Waals surface area contributed by atoms with Crippen LogP contribution in [0.15, 0.2) is 24.3 Å². The van der Waals surface area contributed by atoms with Gasteiger partial charge in [0.1, 0.15) is 11.5 Å². The van der Waals surface area contributed by atoms with Gasteiger partial charge in [0.15, 0.2) is 0 Å². The van der Waals surface area contributed by atoms with E-state index < -0.39 is 0 Å². The highest BCUT2D eigenvalue weighted by molar-refractivity contribution is 5.91. The molecule has 2 saturated carbocycles. The summed E-state index contributed by atoms with van der Waals surface area (Å²) in [5.41, 5.74) is 1.30. The van der Waals surface area contributed by atoms with Crippen LogP contribution in [0.2, 0.25) is 0 Å². The molecular formula is C18H24O2. The number of Topliss-reactive ketones (excluding diaryl/α,β-unsaturated/α-hetero) is 1. The van der Waals surface area contributed by atoms with E-state index in [2.05, 4.69) is 32.9 Å². The number of carbonyl (C=O) groups excluding carboxylic acids is 1. The van der Waals surface area contributed by atoms with E-state index in [1.807, 2.05) is 12.1 Å². The lowest BCUT2D eigenvalue weighted by molar-refractivity contribution is -0.131. The van der Waals surface area contributed by atoms with Crippen molar-refractivity contribution >= 4 is 5.78 Å². The molecule has 0 amide bonds. The Morgan fingerprint density at radius 1 is 1.20 bits per heavy atom. The van der Waals surface area contributed by atoms with Crippen LogP contribution < -0.4 is 4.74 Å². The lowest BCUT2D eigenvalue weighted by Crippen LogP contribution is -2.33. The van der Waals surface area contributed by atoms with Gasteiger partial charge in [0, 0.05) is 11.3 Å². The summed E-state index contributed by atoms with van der Waals surface area (Å²) in [6.45, 7) is 6.76. The van der Waals surface area contributed by atoms with Crippen molar-refractivity contribution in [1.29, 1.82) is 0 Å². The Labute approximate surface area is 121 Å². The lowest BCUT2D eigenvalue weighted by Gasteiger charge is -2.32. The first kappa shape index (κ1) is 13.7. The maximum absolute atomic E-state index is 12.8. The molecule has 20 heavy (non-hydrogen) atoms. The van der Waals surface area contributed by atoms with E-state index in [9.17, 15) is 4.79 Å². The van der Waals surface area contributed by atoms with Gasteiger partial charge in [-0.1, -0.05) is 32.9 Å². The van der Waals surface area contributed by atoms with E-state index in [-0.39, 0.29) is 16.7 Å². The summed E-state index contributed by atoms with van der Waals surface area (Å²) in [4.78, 5) is 12.8. The first-order valence-corrected chi connectivity index (χ1v) is 7.57. The van der Waals surface area contributed by atoms with Gasteiger partial charge < -0.3 is 4.74 Å². The second-order valence-corrected chi connectivity index (χ2v) is 7.22. The molecule has 3 rings (SSSR count). The van der Waals surface area contributed by atoms with Crippen LogP contribution >= 0.6 is 0 Å². The SMILES string of the molecule is COc1ccc(CC2C(=O)C3(C)CCC2C3(C)C)cc1. The van der Waals surface area contributed by atoms with Gasteiger partial charge >= 0.3 is 0 Å². The highest BCUT2D eigenvalue weighted by Crippen LogP contribution is 2.66. The van der Waals surface area contributed by atoms with Crippen molar-refractivity contribution in [2.75, 3.05) is 7.11 Å². The minimum absolute atomic E-state index is 0.102. The average molecular weight is 272 g/mol. The van der Waals surface area contributed by atoms with Gasteiger partial charge in [-0.3, -0.25) is 4.79 Å². The Morgan fingerprint density at radius 2 is 1.85 bits per heavy atom. The first-order chi connectivity index (χ1) is 9.40. The van der Waals surface area contributed by atoms with Crippen LogP contribution in [0.25, 0.3) is 0 Å². The second-order valence-electron chi connectivity index (χ2n) is 7.22. The Bertz CT molecular complexity index is 529. The number of fused-ring (bicyclic) bond motifs is 2. The molecule has 0 spiro atoms. The van der Waals surface area contributed by atoms with Gasteiger partial charge in [-0.25, -0.2) is 0 Å². The molecule has 0 aliphatic heterocycles. The zero-order valence-corrected chi connectivity index (χ0v) is 12.9. The van der Waals surface area contributed by atoms with Crippen molar-refractivity contribution in [2.24, 2.45) is 22.7 Å². The van der Waals surface area contributed by atoms with Crippen LogP contribution in [0.4, 0.5) is 0 Å². The average Bonchev–Trinajstić information content (AvgIpc) is 2.74. The molecule has 0 saturated heterocycles. The Balaban J connectivity index is 1.83. The molecule has 0 heterocycles. The molecule has 1 aromatic carbocycles. The van der Waals surface area contributed by atoms with E-state index in [4.69, 9.17) is 4.74 Å². The Morgan fingerprint density at radius 3 is 2.35 bits per heavy atom. The van der Waals surface area contributed by atoms with Crippen LogP contribution in [-0.4, -0.2) is 12.9 Å². The largest absolute Gasteiger partial charge is 0.497 e. The molecule has 2 fully saturated rings. The van der Waals surface area contributed by atoms with E-state index in [0.717, 1.165) is 18.6 Å². The molecule has 2 heteroatoms. The highest BCUT2D eigenvalue weighted by atomic mass is 16.5. The van der Waals surface area contributed by atoms with E-state index in [1.54, 1.807) is 7.11 Å². The molecule has 2 bridgehead atoms. The number of carbonyl (C=O) groups is 1. The minimum atomic E-state index is -0.102. The van der Waals surface area contributed by atoms with Crippen LogP contribution in [-0.2, 0) is 11.2 Å². The molecule has 2 aliphatic carbocycles. The van der Waals surface area contributed by atoms with Crippen molar-refractivity contribution in [3.8, 4) is 5.75 Å². The molecule has 1 aromatic rings. The second kappa shape index (κ2) is 4.34. The van der Waals surface area contributed by atoms with Crippen molar-refractivity contribution in [1.82, 2.24) is 0 Å². The normalized spacial score (nSPS) is 34.5. The number of ketones is 1. The smallest absolute Gasteiger partial charge is 0.142 e. The van der Waals surface area contributed by atoms with Crippen LogP contribution in [0.1, 0.15) is 39.2 Å². The van der Waals surface area contributed by atoms with Gasteiger partial charge in [-0.05, 0) is 48.3 Å². The summed E-state index contributed by atoms with van der Waals surface area (Å²) >= 11 is 0. The zero-order valence-electron chi connectivity index (χ0n) is 12.9. The molecule has 2 aliphatic rings. The van der Waals surface area contributed by atoms with Crippen LogP contribution in [0.3, 0.4) is 0 Å². The fourth-order valence-corrected chi connectivity index (χ4v) is 4.52. The minimum Gasteiger partial charge on any atom is -0.497 e. The summed E-state index contributed by atoms with van der Waals surface area (Å²) in [5.74, 6) is 2.12. The Hall–Kier alpha value is -1.31. The summed E-state index contributed by atoms with van der Waals surface area (Å²) < 4.78 is 5.19. The predicted molar refractivity (Wildman–Crippen MR) is 79.8 cm³/mol. The van der Waals surface area contributed by atoms with Gasteiger partial charge in [-0.15, -0.1) is 0 Å². The standard InChI is InChI=1S/C18H24O2/c1-17(2)15-9-10-18(17,3)16(19)14(15)11-12-5-7-13(20-4)8-6-12/h5-8,14-15H,9-11H2,1-4H3. The number of hydrogen-bond acceptors (Lipinski definition) is 2. The fraction of sp³-hybridized carbons (Fsp3) is 0.611. The molecule has 3 atom stereocenters. The summed E-state index contributed by atoms with van der Waals surface area (Å²) in [6.07, 6.45) is 3.16. The first-order valence-electron chi connectivity index (χ1n) is 7.57. The molecule has 2 nitrogen and oxygen atoms in total. The fourth-order valence-electron chi connectivity index (χ4n) is 4.52. The third-order valence-corrected chi connectivity index (χ3v) is 6.29. The maximum atomic E-state index is 12.8. The third-order valence-electron chi connectivity index (χ3n) is 6.29. The highest BCUT2D eigenvalue weighted by Gasteiger charge is 2.65. The van der Waals surface area contributed by atoms with Crippen LogP contribution in [0.5, 0.6) is 5.75 Å². The van der Waals surface area contributed by atoms with E-state index >= 15 is 0 Å². The van der Waals surface area contributed by atoms with Gasteiger partial charge in [0.25, 0.3) is 0 Å². The lowest BCUT2D eigenvalue weighted by atomic mass is 9.70. The van der Waals surface area contributed by atoms with Gasteiger partial charge in [0.05, 0.1) is 7.11 Å². The number of rotatable bonds is 3. The molecular weight excluding hydrogens is 248 g/mol. The van der Waals surface area contributed by atoms with Crippen molar-refractivity contribution < 1.29 is 9.53 Å². The summed E-state index contributed by atoms with van der Waals surface area (Å²) in [7, 11) is 1.68. The molecule has 108 valence electrons. The molecule has 3 unspecified atom stereocenters. The van der Waals surface area contributed by atoms with E-state index in [0.29, 0.717) is 11.7 Å². The van der Waals surface area contributed by atoms with Crippen LogP contribution in [0, 0.1) is 22.7 Å². The van der Waals surface area contributed by atoms with Gasteiger partial charge in [-0.2, -0.15) is 0 Å². The summed E-state index contributed by atoms with van der Waals surface area (Å²) in [6, 6.07) is 8.15. The number of hydrogen-bond donors (Lipinski definition) is 0. The maximum Gasteiger partial charge on any atom is 0.142 e. The monoisotopic (exact) mass is 272 g/mol. The Kier molecular flexibility index (Phi) is 2.97. The van der Waals surface area contributed by atoms with E-state index in [1.165, 1.54) is 12.0 Å². The number of benzene rings is 1. The third kappa shape index (κ3) is 1.66. The predicted octanol–water partition coefficient (Wildman–Crippen LogP) is 3.88. The summed E-state index contributed by atoms with van der Waals surface area (Å²) in [5, 5.41) is 0. The van der Waals surface area contributed by atoms with Crippen molar-refractivity contribution in [3.63, 3.8) is 0 Å². The quantitative estimate of drug-likeness (QED) is 0.834. The number of methoxy groups -OCH3 is 1. The van der Waals surface area contributed by atoms with Crippen molar-refractivity contribution in [3.05, 3.63) is 29.8 Å². The molecule has 0 N–H and O–H groups in total. The zero-order chi connectivity index (χ0) is 14.5. The number of ether oxygens (including phenoxy) is 1. The molecule has 0 radical (unpaired) electrons. The van der Waals surface area contributed by atoms with Gasteiger partial charge in [0.2, 0.25) is 0 Å². The molecule has 0 aromatic heterocycles. The topological polar surface area (TPSA) is 26.3 Å². The van der Waals surface area contributed by atoms with Crippen molar-refractivity contribution in [2.45, 2.75) is 40.0 Å².